The molecular formula is C25H24O4. The molecule has 0 fully saturated rings. The molecule has 0 spiro atoms. The lowest BCUT2D eigenvalue weighted by Crippen LogP contribution is -1.99. The van der Waals surface area contributed by atoms with Crippen LogP contribution in [-0.4, -0.2) is 18.2 Å². The fourth-order valence-corrected chi connectivity index (χ4v) is 3.07. The second-order valence-corrected chi connectivity index (χ2v) is 6.97. The van der Waals surface area contributed by atoms with Crippen molar-refractivity contribution in [2.75, 3.05) is 7.11 Å². The van der Waals surface area contributed by atoms with Gasteiger partial charge in [0, 0.05) is 0 Å². The molecule has 3 aromatic rings. The first-order chi connectivity index (χ1) is 13.9. The van der Waals surface area contributed by atoms with Crippen LogP contribution in [0.1, 0.15) is 27.8 Å². The molecule has 4 heteroatoms. The topological polar surface area (TPSA) is 55.8 Å². The number of aryl methyl sites for hydroxylation is 2. The highest BCUT2D eigenvalue weighted by Crippen LogP contribution is 2.29. The SMILES string of the molecule is COc1ccc(/C(=C\c2ccc(Oc3cc(C)cc(C)c3C)cc2)C(=O)O)cc1. The van der Waals surface area contributed by atoms with Crippen LogP contribution in [0.2, 0.25) is 0 Å². The van der Waals surface area contributed by atoms with Crippen LogP contribution < -0.4 is 9.47 Å². The molecule has 0 atom stereocenters. The zero-order valence-electron chi connectivity index (χ0n) is 17.0. The number of carboxylic acid groups (broad SMARTS) is 1. The normalized spacial score (nSPS) is 11.2. The maximum absolute atomic E-state index is 11.7. The van der Waals surface area contributed by atoms with E-state index in [1.54, 1.807) is 37.5 Å². The van der Waals surface area contributed by atoms with Crippen molar-refractivity contribution in [3.05, 3.63) is 88.5 Å². The van der Waals surface area contributed by atoms with E-state index in [1.807, 2.05) is 44.2 Å². The van der Waals surface area contributed by atoms with Gasteiger partial charge in [0.15, 0.2) is 0 Å². The Labute approximate surface area is 171 Å². The number of carbonyl (C=O) groups is 1. The molecule has 0 saturated heterocycles. The lowest BCUT2D eigenvalue weighted by atomic mass is 10.0. The maximum atomic E-state index is 11.7. The van der Waals surface area contributed by atoms with Crippen LogP contribution in [0.5, 0.6) is 17.2 Å². The second kappa shape index (κ2) is 8.65. The molecule has 0 saturated carbocycles. The standard InChI is InChI=1S/C25H24O4/c1-16-13-17(2)18(3)24(14-16)29-22-9-5-19(6-10-22)15-23(25(26)27)20-7-11-21(28-4)12-8-20/h5-15H,1-4H3,(H,26,27)/b23-15+. The summed E-state index contributed by atoms with van der Waals surface area (Å²) in [4.78, 5) is 11.7. The van der Waals surface area contributed by atoms with Gasteiger partial charge in [-0.05, 0) is 85.0 Å². The molecule has 148 valence electrons. The van der Waals surface area contributed by atoms with Crippen molar-refractivity contribution in [1.82, 2.24) is 0 Å². The largest absolute Gasteiger partial charge is 0.497 e. The summed E-state index contributed by atoms with van der Waals surface area (Å²) in [5.74, 6) is 1.23. The van der Waals surface area contributed by atoms with Crippen molar-refractivity contribution in [2.45, 2.75) is 20.8 Å². The van der Waals surface area contributed by atoms with Gasteiger partial charge < -0.3 is 14.6 Å². The van der Waals surface area contributed by atoms with E-state index in [4.69, 9.17) is 9.47 Å². The molecule has 0 aromatic heterocycles. The minimum absolute atomic E-state index is 0.214. The number of ether oxygens (including phenoxy) is 2. The Balaban J connectivity index is 1.85. The number of methoxy groups -OCH3 is 1. The molecule has 0 aliphatic carbocycles. The summed E-state index contributed by atoms with van der Waals surface area (Å²) < 4.78 is 11.2. The van der Waals surface area contributed by atoms with E-state index < -0.39 is 5.97 Å². The summed E-state index contributed by atoms with van der Waals surface area (Å²) in [5, 5.41) is 9.62. The van der Waals surface area contributed by atoms with Crippen LogP contribution in [0.25, 0.3) is 11.6 Å². The Morgan fingerprint density at radius 3 is 2.10 bits per heavy atom. The van der Waals surface area contributed by atoms with E-state index in [0.29, 0.717) is 17.1 Å². The first-order valence-electron chi connectivity index (χ1n) is 9.32. The van der Waals surface area contributed by atoms with Gasteiger partial charge in [-0.15, -0.1) is 0 Å². The molecule has 29 heavy (non-hydrogen) atoms. The maximum Gasteiger partial charge on any atom is 0.336 e. The molecule has 3 rings (SSSR count). The van der Waals surface area contributed by atoms with Crippen molar-refractivity contribution in [2.24, 2.45) is 0 Å². The Kier molecular flexibility index (Phi) is 6.03. The number of rotatable bonds is 6. The molecule has 4 nitrogen and oxygen atoms in total. The summed E-state index contributed by atoms with van der Waals surface area (Å²) in [5.41, 5.74) is 5.05. The van der Waals surface area contributed by atoms with E-state index in [0.717, 1.165) is 22.4 Å². The smallest absolute Gasteiger partial charge is 0.336 e. The lowest BCUT2D eigenvalue weighted by Gasteiger charge is -2.12. The third kappa shape index (κ3) is 4.85. The summed E-state index contributed by atoms with van der Waals surface area (Å²) >= 11 is 0. The molecule has 3 aromatic carbocycles. The number of benzene rings is 3. The summed E-state index contributed by atoms with van der Waals surface area (Å²) in [6.45, 7) is 6.14. The van der Waals surface area contributed by atoms with Crippen molar-refractivity contribution >= 4 is 17.6 Å². The van der Waals surface area contributed by atoms with Crippen LogP contribution in [0, 0.1) is 20.8 Å². The third-order valence-corrected chi connectivity index (χ3v) is 4.81. The molecule has 0 amide bonds. The van der Waals surface area contributed by atoms with E-state index in [2.05, 4.69) is 13.0 Å². The molecule has 1 N–H and O–H groups in total. The predicted octanol–water partition coefficient (Wildman–Crippen LogP) is 6.04. The molecule has 0 aliphatic rings. The highest BCUT2D eigenvalue weighted by molar-refractivity contribution is 6.20. The Morgan fingerprint density at radius 1 is 0.897 bits per heavy atom. The van der Waals surface area contributed by atoms with E-state index in [-0.39, 0.29) is 5.57 Å². The third-order valence-electron chi connectivity index (χ3n) is 4.81. The molecule has 0 unspecified atom stereocenters. The van der Waals surface area contributed by atoms with Gasteiger partial charge in [0.1, 0.15) is 17.2 Å². The zero-order valence-corrected chi connectivity index (χ0v) is 17.0. The van der Waals surface area contributed by atoms with Gasteiger partial charge in [0.2, 0.25) is 0 Å². The zero-order chi connectivity index (χ0) is 21.0. The van der Waals surface area contributed by atoms with E-state index in [9.17, 15) is 9.90 Å². The summed E-state index contributed by atoms with van der Waals surface area (Å²) in [6, 6.07) is 18.5. The first kappa shape index (κ1) is 20.2. The molecule has 0 bridgehead atoms. The molecular weight excluding hydrogens is 364 g/mol. The van der Waals surface area contributed by atoms with E-state index in [1.165, 1.54) is 5.56 Å². The Morgan fingerprint density at radius 2 is 1.52 bits per heavy atom. The van der Waals surface area contributed by atoms with Crippen LogP contribution >= 0.6 is 0 Å². The van der Waals surface area contributed by atoms with Crippen molar-refractivity contribution < 1.29 is 19.4 Å². The van der Waals surface area contributed by atoms with Crippen molar-refractivity contribution in [1.29, 1.82) is 0 Å². The molecule has 0 heterocycles. The summed E-state index contributed by atoms with van der Waals surface area (Å²) in [7, 11) is 1.58. The highest BCUT2D eigenvalue weighted by atomic mass is 16.5. The number of carboxylic acids is 1. The fraction of sp³-hybridized carbons (Fsp3) is 0.160. The van der Waals surface area contributed by atoms with E-state index >= 15 is 0 Å². The average molecular weight is 388 g/mol. The average Bonchev–Trinajstić information content (AvgIpc) is 2.71. The molecule has 0 radical (unpaired) electrons. The molecule has 0 aliphatic heterocycles. The Hall–Kier alpha value is -3.53. The lowest BCUT2D eigenvalue weighted by molar-refractivity contribution is -0.130. The fourth-order valence-electron chi connectivity index (χ4n) is 3.07. The second-order valence-electron chi connectivity index (χ2n) is 6.97. The number of aliphatic carboxylic acids is 1. The van der Waals surface area contributed by atoms with Crippen LogP contribution in [0.3, 0.4) is 0 Å². The van der Waals surface area contributed by atoms with Crippen LogP contribution in [-0.2, 0) is 4.79 Å². The van der Waals surface area contributed by atoms with Gasteiger partial charge in [0.05, 0.1) is 12.7 Å². The highest BCUT2D eigenvalue weighted by Gasteiger charge is 2.11. The van der Waals surface area contributed by atoms with Crippen molar-refractivity contribution in [3.63, 3.8) is 0 Å². The van der Waals surface area contributed by atoms with Gasteiger partial charge in [-0.2, -0.15) is 0 Å². The number of hydrogen-bond donors (Lipinski definition) is 1. The van der Waals surface area contributed by atoms with Crippen molar-refractivity contribution in [3.8, 4) is 17.2 Å². The van der Waals surface area contributed by atoms with Crippen LogP contribution in [0.15, 0.2) is 60.7 Å². The summed E-state index contributed by atoms with van der Waals surface area (Å²) in [6.07, 6.45) is 1.65. The Bertz CT molecular complexity index is 1050. The predicted molar refractivity (Wildman–Crippen MR) is 116 cm³/mol. The minimum Gasteiger partial charge on any atom is -0.497 e. The number of hydrogen-bond acceptors (Lipinski definition) is 3. The van der Waals surface area contributed by atoms with Crippen LogP contribution in [0.4, 0.5) is 0 Å². The monoisotopic (exact) mass is 388 g/mol. The first-order valence-corrected chi connectivity index (χ1v) is 9.32. The van der Waals surface area contributed by atoms with Gasteiger partial charge in [-0.3, -0.25) is 0 Å². The van der Waals surface area contributed by atoms with Gasteiger partial charge in [-0.1, -0.05) is 30.3 Å². The van der Waals surface area contributed by atoms with Gasteiger partial charge in [-0.25, -0.2) is 4.79 Å². The minimum atomic E-state index is -0.985. The van der Waals surface area contributed by atoms with Gasteiger partial charge >= 0.3 is 5.97 Å². The quantitative estimate of drug-likeness (QED) is 0.413. The van der Waals surface area contributed by atoms with Gasteiger partial charge in [0.25, 0.3) is 0 Å².